The molecule has 1 aromatic carbocycles. The standard InChI is InChI=1S/C27H28F3N7O/c1-17-14-19(25-31-16-20-24(34-25)18(2)15-23(33-20)27(28,29)30)6-7-21(17)35(3)26(38)22-8-9-32-37(22)13-12-36-10-4-5-11-36/h6-9,14-16H,4-5,10-13H2,1-3H3. The Hall–Kier alpha value is -3.86. The molecule has 0 spiro atoms. The third-order valence-corrected chi connectivity index (χ3v) is 6.91. The summed E-state index contributed by atoms with van der Waals surface area (Å²) in [5, 5.41) is 4.36. The molecular weight excluding hydrogens is 495 g/mol. The SMILES string of the molecule is Cc1cc(-c2ncc3nc(C(F)(F)F)cc(C)c3n2)ccc1N(C)C(=O)c1ccnn1CCN1CCCC1. The first-order chi connectivity index (χ1) is 18.1. The zero-order chi connectivity index (χ0) is 27.0. The first-order valence-electron chi connectivity index (χ1n) is 12.5. The number of halogens is 3. The zero-order valence-electron chi connectivity index (χ0n) is 21.5. The number of rotatable bonds is 6. The van der Waals surface area contributed by atoms with Crippen LogP contribution in [0.3, 0.4) is 0 Å². The number of aromatic nitrogens is 5. The van der Waals surface area contributed by atoms with Crippen LogP contribution in [0.25, 0.3) is 22.4 Å². The Morgan fingerprint density at radius 2 is 1.79 bits per heavy atom. The van der Waals surface area contributed by atoms with Gasteiger partial charge < -0.3 is 9.80 Å². The normalized spacial score (nSPS) is 14.4. The number of carbonyl (C=O) groups is 1. The highest BCUT2D eigenvalue weighted by Gasteiger charge is 2.33. The summed E-state index contributed by atoms with van der Waals surface area (Å²) < 4.78 is 41.1. The molecule has 8 nitrogen and oxygen atoms in total. The van der Waals surface area contributed by atoms with Crippen molar-refractivity contribution in [3.05, 3.63) is 65.2 Å². The lowest BCUT2D eigenvalue weighted by molar-refractivity contribution is -0.141. The Kier molecular flexibility index (Phi) is 6.87. The highest BCUT2D eigenvalue weighted by atomic mass is 19.4. The predicted molar refractivity (Wildman–Crippen MR) is 138 cm³/mol. The molecule has 1 saturated heterocycles. The molecule has 0 aliphatic carbocycles. The van der Waals surface area contributed by atoms with Crippen LogP contribution in [-0.4, -0.2) is 62.2 Å². The molecule has 5 rings (SSSR count). The highest BCUT2D eigenvalue weighted by molar-refractivity contribution is 6.05. The number of hydrogen-bond acceptors (Lipinski definition) is 6. The van der Waals surface area contributed by atoms with E-state index < -0.39 is 11.9 Å². The van der Waals surface area contributed by atoms with Crippen molar-refractivity contribution in [1.82, 2.24) is 29.6 Å². The van der Waals surface area contributed by atoms with E-state index in [0.717, 1.165) is 37.0 Å². The molecular formula is C27H28F3N7O. The van der Waals surface area contributed by atoms with Gasteiger partial charge in [-0.25, -0.2) is 15.0 Å². The minimum absolute atomic E-state index is 0.0843. The van der Waals surface area contributed by atoms with Gasteiger partial charge in [-0.1, -0.05) is 0 Å². The number of nitrogens with zero attached hydrogens (tertiary/aromatic N) is 7. The van der Waals surface area contributed by atoms with Crippen LogP contribution >= 0.6 is 0 Å². The average molecular weight is 524 g/mol. The predicted octanol–water partition coefficient (Wildman–Crippen LogP) is 4.90. The van der Waals surface area contributed by atoms with Gasteiger partial charge in [0.2, 0.25) is 0 Å². The van der Waals surface area contributed by atoms with Crippen molar-refractivity contribution in [2.45, 2.75) is 39.4 Å². The van der Waals surface area contributed by atoms with Gasteiger partial charge >= 0.3 is 6.18 Å². The van der Waals surface area contributed by atoms with Crippen molar-refractivity contribution in [2.24, 2.45) is 0 Å². The molecule has 4 heterocycles. The number of fused-ring (bicyclic) bond motifs is 1. The fraction of sp³-hybridized carbons (Fsp3) is 0.370. The number of amides is 1. The lowest BCUT2D eigenvalue weighted by Crippen LogP contribution is -2.31. The zero-order valence-corrected chi connectivity index (χ0v) is 21.5. The summed E-state index contributed by atoms with van der Waals surface area (Å²) in [4.78, 5) is 29.8. The van der Waals surface area contributed by atoms with Gasteiger partial charge in [0.1, 0.15) is 16.9 Å². The van der Waals surface area contributed by atoms with Gasteiger partial charge in [-0.15, -0.1) is 0 Å². The van der Waals surface area contributed by atoms with Gasteiger partial charge in [0.25, 0.3) is 5.91 Å². The Morgan fingerprint density at radius 3 is 2.50 bits per heavy atom. The Morgan fingerprint density at radius 1 is 1.03 bits per heavy atom. The van der Waals surface area contributed by atoms with Gasteiger partial charge in [0.15, 0.2) is 5.82 Å². The Bertz CT molecular complexity index is 1490. The van der Waals surface area contributed by atoms with Crippen LogP contribution in [0.15, 0.2) is 42.7 Å². The van der Waals surface area contributed by atoms with E-state index in [1.807, 2.05) is 19.1 Å². The number of likely N-dealkylation sites (tertiary alicyclic amines) is 1. The molecule has 198 valence electrons. The van der Waals surface area contributed by atoms with E-state index >= 15 is 0 Å². The van der Waals surface area contributed by atoms with Crippen molar-refractivity contribution < 1.29 is 18.0 Å². The number of carbonyl (C=O) groups excluding carboxylic acids is 1. The molecule has 0 N–H and O–H groups in total. The molecule has 11 heteroatoms. The van der Waals surface area contributed by atoms with Crippen LogP contribution in [0.1, 0.15) is 40.2 Å². The van der Waals surface area contributed by atoms with E-state index in [2.05, 4.69) is 25.0 Å². The van der Waals surface area contributed by atoms with E-state index in [-0.39, 0.29) is 11.4 Å². The second-order valence-corrected chi connectivity index (χ2v) is 9.60. The molecule has 1 aliphatic heterocycles. The first-order valence-corrected chi connectivity index (χ1v) is 12.5. The summed E-state index contributed by atoms with van der Waals surface area (Å²) in [6.45, 7) is 7.14. The topological polar surface area (TPSA) is 80.0 Å². The van der Waals surface area contributed by atoms with Gasteiger partial charge in [0.05, 0.1) is 18.3 Å². The fourth-order valence-electron chi connectivity index (χ4n) is 4.85. The lowest BCUT2D eigenvalue weighted by Gasteiger charge is -2.21. The summed E-state index contributed by atoms with van der Waals surface area (Å²) in [5.41, 5.74) is 2.60. The van der Waals surface area contributed by atoms with Gasteiger partial charge in [0, 0.05) is 31.0 Å². The minimum atomic E-state index is -4.54. The first kappa shape index (κ1) is 25.8. The molecule has 0 unspecified atom stereocenters. The number of aryl methyl sites for hydroxylation is 2. The molecule has 3 aromatic heterocycles. The third kappa shape index (κ3) is 5.10. The number of benzene rings is 1. The monoisotopic (exact) mass is 523 g/mol. The molecule has 0 saturated carbocycles. The lowest BCUT2D eigenvalue weighted by atomic mass is 10.1. The quantitative estimate of drug-likeness (QED) is 0.358. The summed E-state index contributed by atoms with van der Waals surface area (Å²) in [6, 6.07) is 8.20. The maximum absolute atomic E-state index is 13.4. The van der Waals surface area contributed by atoms with Crippen molar-refractivity contribution >= 4 is 22.6 Å². The fourth-order valence-corrected chi connectivity index (χ4v) is 4.85. The van der Waals surface area contributed by atoms with Crippen molar-refractivity contribution in [1.29, 1.82) is 0 Å². The minimum Gasteiger partial charge on any atom is -0.310 e. The van der Waals surface area contributed by atoms with Gasteiger partial charge in [-0.3, -0.25) is 9.48 Å². The van der Waals surface area contributed by atoms with Crippen LogP contribution in [0, 0.1) is 13.8 Å². The van der Waals surface area contributed by atoms with E-state index in [0.29, 0.717) is 34.7 Å². The summed E-state index contributed by atoms with van der Waals surface area (Å²) in [7, 11) is 1.72. The largest absolute Gasteiger partial charge is 0.433 e. The van der Waals surface area contributed by atoms with E-state index in [4.69, 9.17) is 0 Å². The Labute approximate surface area is 218 Å². The van der Waals surface area contributed by atoms with E-state index in [1.54, 1.807) is 41.9 Å². The number of alkyl halides is 3. The molecule has 1 aliphatic rings. The molecule has 1 amide bonds. The van der Waals surface area contributed by atoms with E-state index in [1.165, 1.54) is 19.0 Å². The second kappa shape index (κ2) is 10.1. The summed E-state index contributed by atoms with van der Waals surface area (Å²) in [6.07, 6.45) is 0.833. The van der Waals surface area contributed by atoms with Crippen molar-refractivity contribution in [3.8, 4) is 11.4 Å². The maximum Gasteiger partial charge on any atom is 0.433 e. The molecule has 0 bridgehead atoms. The second-order valence-electron chi connectivity index (χ2n) is 9.60. The molecule has 1 fully saturated rings. The molecule has 4 aromatic rings. The van der Waals surface area contributed by atoms with E-state index in [9.17, 15) is 18.0 Å². The summed E-state index contributed by atoms with van der Waals surface area (Å²) in [5.74, 6) is 0.203. The maximum atomic E-state index is 13.4. The van der Waals surface area contributed by atoms with Gasteiger partial charge in [-0.05, 0) is 81.2 Å². The summed E-state index contributed by atoms with van der Waals surface area (Å²) >= 11 is 0. The average Bonchev–Trinajstić information content (AvgIpc) is 3.58. The highest BCUT2D eigenvalue weighted by Crippen LogP contribution is 2.31. The van der Waals surface area contributed by atoms with Gasteiger partial charge in [-0.2, -0.15) is 18.3 Å². The number of pyridine rings is 1. The van der Waals surface area contributed by atoms with Crippen LogP contribution in [0.4, 0.5) is 18.9 Å². The van der Waals surface area contributed by atoms with Crippen LogP contribution in [-0.2, 0) is 12.7 Å². The van der Waals surface area contributed by atoms with Crippen molar-refractivity contribution in [2.75, 3.05) is 31.6 Å². The van der Waals surface area contributed by atoms with Crippen LogP contribution in [0.2, 0.25) is 0 Å². The smallest absolute Gasteiger partial charge is 0.310 e. The molecule has 0 radical (unpaired) electrons. The number of anilines is 1. The number of hydrogen-bond donors (Lipinski definition) is 0. The van der Waals surface area contributed by atoms with Crippen LogP contribution < -0.4 is 4.90 Å². The Balaban J connectivity index is 1.37. The van der Waals surface area contributed by atoms with Crippen LogP contribution in [0.5, 0.6) is 0 Å². The van der Waals surface area contributed by atoms with Crippen molar-refractivity contribution in [3.63, 3.8) is 0 Å². The molecule has 38 heavy (non-hydrogen) atoms. The third-order valence-electron chi connectivity index (χ3n) is 6.91. The molecule has 0 atom stereocenters.